The molecule has 1 heterocycles. The Hall–Kier alpha value is -1.87. The summed E-state index contributed by atoms with van der Waals surface area (Å²) in [7, 11) is 0. The SMILES string of the molecule is CCC(C)c1ccccc1OC(CN)c1cccnc1. The van der Waals surface area contributed by atoms with Gasteiger partial charge in [0, 0.05) is 24.5 Å². The van der Waals surface area contributed by atoms with Crippen LogP contribution in [-0.4, -0.2) is 11.5 Å². The van der Waals surface area contributed by atoms with Crippen LogP contribution in [0.5, 0.6) is 5.75 Å². The van der Waals surface area contributed by atoms with Gasteiger partial charge in [0.15, 0.2) is 0 Å². The summed E-state index contributed by atoms with van der Waals surface area (Å²) in [5.41, 5.74) is 8.10. The Kier molecular flexibility index (Phi) is 5.13. The average Bonchev–Trinajstić information content (AvgIpc) is 2.53. The van der Waals surface area contributed by atoms with Gasteiger partial charge in [0.1, 0.15) is 11.9 Å². The van der Waals surface area contributed by atoms with Gasteiger partial charge >= 0.3 is 0 Å². The number of nitrogens with two attached hydrogens (primary N) is 1. The summed E-state index contributed by atoms with van der Waals surface area (Å²) in [6.07, 6.45) is 4.49. The van der Waals surface area contributed by atoms with Crippen LogP contribution in [0, 0.1) is 0 Å². The average molecular weight is 270 g/mol. The van der Waals surface area contributed by atoms with E-state index in [0.29, 0.717) is 12.5 Å². The predicted molar refractivity (Wildman–Crippen MR) is 81.8 cm³/mol. The molecule has 0 aliphatic heterocycles. The van der Waals surface area contributed by atoms with Gasteiger partial charge in [0.2, 0.25) is 0 Å². The maximum atomic E-state index is 6.14. The zero-order chi connectivity index (χ0) is 14.4. The highest BCUT2D eigenvalue weighted by molar-refractivity contribution is 5.36. The van der Waals surface area contributed by atoms with Crippen LogP contribution in [0.4, 0.5) is 0 Å². The molecule has 1 aromatic carbocycles. The van der Waals surface area contributed by atoms with Gasteiger partial charge in [-0.25, -0.2) is 0 Å². The first kappa shape index (κ1) is 14.5. The number of pyridine rings is 1. The molecule has 0 spiro atoms. The third-order valence-corrected chi connectivity index (χ3v) is 3.60. The molecular weight excluding hydrogens is 248 g/mol. The van der Waals surface area contributed by atoms with Crippen molar-refractivity contribution in [2.75, 3.05) is 6.54 Å². The van der Waals surface area contributed by atoms with Crippen LogP contribution in [-0.2, 0) is 0 Å². The molecule has 106 valence electrons. The van der Waals surface area contributed by atoms with E-state index >= 15 is 0 Å². The number of nitrogens with zero attached hydrogens (tertiary/aromatic N) is 1. The van der Waals surface area contributed by atoms with Crippen molar-refractivity contribution in [3.63, 3.8) is 0 Å². The Morgan fingerprint density at radius 2 is 2.00 bits per heavy atom. The summed E-state index contributed by atoms with van der Waals surface area (Å²) in [5.74, 6) is 1.39. The maximum absolute atomic E-state index is 6.14. The predicted octanol–water partition coefficient (Wildman–Crippen LogP) is 3.67. The lowest BCUT2D eigenvalue weighted by Gasteiger charge is -2.21. The highest BCUT2D eigenvalue weighted by Gasteiger charge is 2.15. The highest BCUT2D eigenvalue weighted by Crippen LogP contribution is 2.31. The summed E-state index contributed by atoms with van der Waals surface area (Å²) in [5, 5.41) is 0. The number of para-hydroxylation sites is 1. The van der Waals surface area contributed by atoms with Crippen LogP contribution in [0.15, 0.2) is 48.8 Å². The second-order valence-corrected chi connectivity index (χ2v) is 4.98. The van der Waals surface area contributed by atoms with Gasteiger partial charge in [-0.3, -0.25) is 4.98 Å². The number of rotatable bonds is 6. The largest absolute Gasteiger partial charge is 0.484 e. The van der Waals surface area contributed by atoms with Crippen molar-refractivity contribution in [2.24, 2.45) is 5.73 Å². The van der Waals surface area contributed by atoms with E-state index in [1.165, 1.54) is 5.56 Å². The number of hydrogen-bond donors (Lipinski definition) is 1. The Labute approximate surface area is 120 Å². The first-order chi connectivity index (χ1) is 9.76. The topological polar surface area (TPSA) is 48.1 Å². The van der Waals surface area contributed by atoms with E-state index in [4.69, 9.17) is 10.5 Å². The van der Waals surface area contributed by atoms with Crippen molar-refractivity contribution < 1.29 is 4.74 Å². The second-order valence-electron chi connectivity index (χ2n) is 4.98. The molecular formula is C17H22N2O. The number of benzene rings is 1. The fraction of sp³-hybridized carbons (Fsp3) is 0.353. The van der Waals surface area contributed by atoms with Crippen molar-refractivity contribution in [3.8, 4) is 5.75 Å². The van der Waals surface area contributed by atoms with E-state index < -0.39 is 0 Å². The van der Waals surface area contributed by atoms with Crippen LogP contribution >= 0.6 is 0 Å². The number of ether oxygens (including phenoxy) is 1. The van der Waals surface area contributed by atoms with E-state index in [-0.39, 0.29) is 6.10 Å². The van der Waals surface area contributed by atoms with Crippen molar-refractivity contribution in [2.45, 2.75) is 32.3 Å². The third-order valence-electron chi connectivity index (χ3n) is 3.60. The molecule has 2 atom stereocenters. The molecule has 0 saturated carbocycles. The summed E-state index contributed by atoms with van der Waals surface area (Å²) < 4.78 is 6.14. The molecule has 1 aromatic heterocycles. The molecule has 0 aliphatic rings. The minimum absolute atomic E-state index is 0.158. The van der Waals surface area contributed by atoms with E-state index in [1.807, 2.05) is 30.5 Å². The van der Waals surface area contributed by atoms with Crippen molar-refractivity contribution in [1.82, 2.24) is 4.98 Å². The Morgan fingerprint density at radius 3 is 2.65 bits per heavy atom. The normalized spacial score (nSPS) is 13.8. The fourth-order valence-corrected chi connectivity index (χ4v) is 2.19. The molecule has 2 N–H and O–H groups in total. The van der Waals surface area contributed by atoms with Gasteiger partial charge in [-0.05, 0) is 30.0 Å². The Balaban J connectivity index is 2.24. The fourth-order valence-electron chi connectivity index (χ4n) is 2.19. The number of aromatic nitrogens is 1. The molecule has 0 radical (unpaired) electrons. The van der Waals surface area contributed by atoms with Gasteiger partial charge in [-0.2, -0.15) is 0 Å². The van der Waals surface area contributed by atoms with Gasteiger partial charge in [0.25, 0.3) is 0 Å². The summed E-state index contributed by atoms with van der Waals surface area (Å²) in [6, 6.07) is 12.1. The third kappa shape index (κ3) is 3.36. The number of hydrogen-bond acceptors (Lipinski definition) is 3. The summed E-state index contributed by atoms with van der Waals surface area (Å²) >= 11 is 0. The lowest BCUT2D eigenvalue weighted by Crippen LogP contribution is -2.19. The molecule has 0 fully saturated rings. The summed E-state index contributed by atoms with van der Waals surface area (Å²) in [6.45, 7) is 4.83. The lowest BCUT2D eigenvalue weighted by atomic mass is 9.97. The van der Waals surface area contributed by atoms with E-state index in [2.05, 4.69) is 31.0 Å². The van der Waals surface area contributed by atoms with E-state index in [9.17, 15) is 0 Å². The van der Waals surface area contributed by atoms with Gasteiger partial charge < -0.3 is 10.5 Å². The van der Waals surface area contributed by atoms with Crippen LogP contribution in [0.25, 0.3) is 0 Å². The Morgan fingerprint density at radius 1 is 1.20 bits per heavy atom. The van der Waals surface area contributed by atoms with Crippen molar-refractivity contribution in [1.29, 1.82) is 0 Å². The zero-order valence-electron chi connectivity index (χ0n) is 12.1. The zero-order valence-corrected chi connectivity index (χ0v) is 12.1. The first-order valence-corrected chi connectivity index (χ1v) is 7.11. The lowest BCUT2D eigenvalue weighted by molar-refractivity contribution is 0.210. The van der Waals surface area contributed by atoms with Crippen molar-refractivity contribution >= 4 is 0 Å². The molecule has 3 heteroatoms. The van der Waals surface area contributed by atoms with E-state index in [1.54, 1.807) is 6.20 Å². The van der Waals surface area contributed by atoms with E-state index in [0.717, 1.165) is 17.7 Å². The van der Waals surface area contributed by atoms with Crippen LogP contribution in [0.1, 0.15) is 43.4 Å². The van der Waals surface area contributed by atoms with Crippen LogP contribution in [0.2, 0.25) is 0 Å². The molecule has 0 amide bonds. The van der Waals surface area contributed by atoms with Gasteiger partial charge in [-0.15, -0.1) is 0 Å². The Bertz CT molecular complexity index is 528. The van der Waals surface area contributed by atoms with Gasteiger partial charge in [0.05, 0.1) is 0 Å². The minimum Gasteiger partial charge on any atom is -0.484 e. The molecule has 2 aromatic rings. The maximum Gasteiger partial charge on any atom is 0.137 e. The first-order valence-electron chi connectivity index (χ1n) is 7.11. The highest BCUT2D eigenvalue weighted by atomic mass is 16.5. The molecule has 3 nitrogen and oxygen atoms in total. The molecule has 0 aliphatic carbocycles. The summed E-state index contributed by atoms with van der Waals surface area (Å²) in [4.78, 5) is 4.13. The second kappa shape index (κ2) is 7.06. The minimum atomic E-state index is -0.158. The molecule has 2 rings (SSSR count). The molecule has 0 bridgehead atoms. The van der Waals surface area contributed by atoms with Crippen molar-refractivity contribution in [3.05, 3.63) is 59.9 Å². The molecule has 2 unspecified atom stereocenters. The monoisotopic (exact) mass is 270 g/mol. The quantitative estimate of drug-likeness (QED) is 0.871. The smallest absolute Gasteiger partial charge is 0.137 e. The van der Waals surface area contributed by atoms with Crippen LogP contribution in [0.3, 0.4) is 0 Å². The van der Waals surface area contributed by atoms with Gasteiger partial charge in [-0.1, -0.05) is 38.1 Å². The standard InChI is InChI=1S/C17H22N2O/c1-3-13(2)15-8-4-5-9-16(15)20-17(11-18)14-7-6-10-19-12-14/h4-10,12-13,17H,3,11,18H2,1-2H3. The molecule has 0 saturated heterocycles. The molecule has 20 heavy (non-hydrogen) atoms. The van der Waals surface area contributed by atoms with Crippen LogP contribution < -0.4 is 10.5 Å².